The summed E-state index contributed by atoms with van der Waals surface area (Å²) in [5.74, 6) is 1.62. The highest BCUT2D eigenvalue weighted by Gasteiger charge is 2.05. The van der Waals surface area contributed by atoms with Gasteiger partial charge < -0.3 is 15.2 Å². The van der Waals surface area contributed by atoms with Crippen molar-refractivity contribution in [1.82, 2.24) is 30.4 Å². The summed E-state index contributed by atoms with van der Waals surface area (Å²) in [5.41, 5.74) is 0. The molecule has 0 radical (unpaired) electrons. The van der Waals surface area contributed by atoms with Crippen molar-refractivity contribution in [3.8, 4) is 0 Å². The summed E-state index contributed by atoms with van der Waals surface area (Å²) in [4.78, 5) is 9.87. The third-order valence-corrected chi connectivity index (χ3v) is 4.17. The van der Waals surface area contributed by atoms with E-state index in [2.05, 4.69) is 44.7 Å². The molecule has 2 heterocycles. The Morgan fingerprint density at radius 3 is 2.73 bits per heavy atom. The number of rotatable bonds is 6. The van der Waals surface area contributed by atoms with Gasteiger partial charge in [-0.1, -0.05) is 6.92 Å². The Kier molecular flexibility index (Phi) is 8.31. The van der Waals surface area contributed by atoms with E-state index in [4.69, 9.17) is 0 Å². The molecule has 0 bridgehead atoms. The second-order valence-electron chi connectivity index (χ2n) is 4.39. The number of aliphatic imine (C=N–C) groups is 1. The number of aryl methyl sites for hydroxylation is 2. The van der Waals surface area contributed by atoms with Gasteiger partial charge in [0.1, 0.15) is 11.3 Å². The van der Waals surface area contributed by atoms with Crippen molar-refractivity contribution in [3.05, 3.63) is 28.2 Å². The van der Waals surface area contributed by atoms with Crippen LogP contribution in [-0.2, 0) is 26.1 Å². The van der Waals surface area contributed by atoms with Crippen LogP contribution in [0.2, 0.25) is 0 Å². The molecule has 0 aliphatic rings. The standard InChI is InChI=1S/C13H21N7S.HI/c1-4-10-6-15-12(21-10)8-17-13(14-3)16-7-11-19-18-9-20(11)5-2;/h6,9H,4-5,7-8H2,1-3H3,(H2,14,16,17);1H. The van der Waals surface area contributed by atoms with Gasteiger partial charge in [0.25, 0.3) is 0 Å². The Balaban J connectivity index is 0.00000242. The van der Waals surface area contributed by atoms with E-state index in [1.807, 2.05) is 10.8 Å². The average Bonchev–Trinajstić information content (AvgIpc) is 3.15. The zero-order valence-corrected chi connectivity index (χ0v) is 16.2. The van der Waals surface area contributed by atoms with Gasteiger partial charge in [-0.2, -0.15) is 0 Å². The van der Waals surface area contributed by atoms with Gasteiger partial charge in [0, 0.05) is 24.7 Å². The minimum absolute atomic E-state index is 0. The molecule has 2 N–H and O–H groups in total. The van der Waals surface area contributed by atoms with Gasteiger partial charge in [-0.25, -0.2) is 4.98 Å². The van der Waals surface area contributed by atoms with Gasteiger partial charge in [0.05, 0.1) is 13.1 Å². The van der Waals surface area contributed by atoms with Crippen molar-refractivity contribution < 1.29 is 0 Å². The summed E-state index contributed by atoms with van der Waals surface area (Å²) in [6, 6.07) is 0. The first-order valence-electron chi connectivity index (χ1n) is 7.01. The zero-order valence-electron chi connectivity index (χ0n) is 13.0. The number of hydrogen-bond donors (Lipinski definition) is 2. The van der Waals surface area contributed by atoms with Crippen molar-refractivity contribution >= 4 is 41.3 Å². The number of aromatic nitrogens is 4. The van der Waals surface area contributed by atoms with E-state index in [-0.39, 0.29) is 24.0 Å². The average molecular weight is 435 g/mol. The van der Waals surface area contributed by atoms with Gasteiger partial charge in [-0.3, -0.25) is 4.99 Å². The Morgan fingerprint density at radius 2 is 2.09 bits per heavy atom. The predicted molar refractivity (Wildman–Crippen MR) is 99.6 cm³/mol. The number of thiazole rings is 1. The van der Waals surface area contributed by atoms with Gasteiger partial charge >= 0.3 is 0 Å². The molecular weight excluding hydrogens is 413 g/mol. The number of nitrogens with one attached hydrogen (secondary N) is 2. The summed E-state index contributed by atoms with van der Waals surface area (Å²) in [6.45, 7) is 6.31. The predicted octanol–water partition coefficient (Wildman–Crippen LogP) is 1.80. The Hall–Kier alpha value is -1.23. The van der Waals surface area contributed by atoms with E-state index >= 15 is 0 Å². The molecule has 0 aromatic carbocycles. The Morgan fingerprint density at radius 1 is 1.32 bits per heavy atom. The highest BCUT2D eigenvalue weighted by atomic mass is 127. The van der Waals surface area contributed by atoms with Crippen LogP contribution in [0.3, 0.4) is 0 Å². The minimum Gasteiger partial charge on any atom is -0.350 e. The minimum atomic E-state index is 0. The van der Waals surface area contributed by atoms with Crippen LogP contribution in [-0.4, -0.2) is 32.8 Å². The topological polar surface area (TPSA) is 80.0 Å². The number of nitrogens with zero attached hydrogens (tertiary/aromatic N) is 5. The lowest BCUT2D eigenvalue weighted by molar-refractivity contribution is 0.669. The lowest BCUT2D eigenvalue weighted by Crippen LogP contribution is -2.36. The fraction of sp³-hybridized carbons (Fsp3) is 0.538. The van der Waals surface area contributed by atoms with Crippen LogP contribution >= 0.6 is 35.3 Å². The normalized spacial score (nSPS) is 11.1. The van der Waals surface area contributed by atoms with Crippen LogP contribution < -0.4 is 10.6 Å². The lowest BCUT2D eigenvalue weighted by Gasteiger charge is -2.10. The maximum Gasteiger partial charge on any atom is 0.191 e. The van der Waals surface area contributed by atoms with Crippen molar-refractivity contribution in [2.24, 2.45) is 4.99 Å². The zero-order chi connectivity index (χ0) is 15.1. The van der Waals surface area contributed by atoms with Crippen molar-refractivity contribution in [2.75, 3.05) is 7.05 Å². The van der Waals surface area contributed by atoms with E-state index in [1.54, 1.807) is 24.7 Å². The lowest BCUT2D eigenvalue weighted by atomic mass is 10.4. The van der Waals surface area contributed by atoms with Crippen LogP contribution in [0.25, 0.3) is 0 Å². The van der Waals surface area contributed by atoms with Gasteiger partial charge in [0.2, 0.25) is 0 Å². The molecule has 0 amide bonds. The van der Waals surface area contributed by atoms with E-state index in [9.17, 15) is 0 Å². The highest BCUT2D eigenvalue weighted by Crippen LogP contribution is 2.12. The first kappa shape index (κ1) is 18.8. The van der Waals surface area contributed by atoms with Gasteiger partial charge in [0.15, 0.2) is 11.8 Å². The molecule has 0 aliphatic heterocycles. The molecule has 2 aromatic heterocycles. The van der Waals surface area contributed by atoms with Gasteiger partial charge in [-0.15, -0.1) is 45.5 Å². The van der Waals surface area contributed by atoms with Crippen LogP contribution in [0, 0.1) is 0 Å². The van der Waals surface area contributed by atoms with Crippen molar-refractivity contribution in [3.63, 3.8) is 0 Å². The van der Waals surface area contributed by atoms with Crippen LogP contribution in [0.5, 0.6) is 0 Å². The number of guanidine groups is 1. The van der Waals surface area contributed by atoms with Crippen LogP contribution in [0.1, 0.15) is 29.6 Å². The van der Waals surface area contributed by atoms with Crippen LogP contribution in [0.15, 0.2) is 17.5 Å². The second-order valence-corrected chi connectivity index (χ2v) is 5.59. The second kappa shape index (κ2) is 9.72. The largest absolute Gasteiger partial charge is 0.350 e. The third kappa shape index (κ3) is 5.20. The van der Waals surface area contributed by atoms with Crippen molar-refractivity contribution in [1.29, 1.82) is 0 Å². The molecule has 2 rings (SSSR count). The van der Waals surface area contributed by atoms with E-state index in [1.165, 1.54) is 4.88 Å². The Bertz CT molecular complexity index is 593. The molecule has 0 saturated carbocycles. The maximum atomic E-state index is 4.38. The first-order chi connectivity index (χ1) is 10.3. The monoisotopic (exact) mass is 435 g/mol. The van der Waals surface area contributed by atoms with Crippen LogP contribution in [0.4, 0.5) is 0 Å². The molecule has 9 heteroatoms. The Labute approximate surface area is 151 Å². The molecule has 122 valence electrons. The highest BCUT2D eigenvalue weighted by molar-refractivity contribution is 14.0. The van der Waals surface area contributed by atoms with E-state index < -0.39 is 0 Å². The fourth-order valence-electron chi connectivity index (χ4n) is 1.82. The molecule has 0 aliphatic carbocycles. The molecule has 0 spiro atoms. The summed E-state index contributed by atoms with van der Waals surface area (Å²) < 4.78 is 1.99. The molecule has 0 fully saturated rings. The summed E-state index contributed by atoms with van der Waals surface area (Å²) >= 11 is 1.72. The summed E-state index contributed by atoms with van der Waals surface area (Å²) in [7, 11) is 1.75. The molecule has 0 unspecified atom stereocenters. The van der Waals surface area contributed by atoms with Gasteiger partial charge in [-0.05, 0) is 13.3 Å². The number of halogens is 1. The molecule has 22 heavy (non-hydrogen) atoms. The summed E-state index contributed by atoms with van der Waals surface area (Å²) in [6.07, 6.45) is 4.69. The smallest absolute Gasteiger partial charge is 0.191 e. The molecular formula is C13H22IN7S. The van der Waals surface area contributed by atoms with Crippen molar-refractivity contribution in [2.45, 2.75) is 39.9 Å². The van der Waals surface area contributed by atoms with E-state index in [0.717, 1.165) is 29.8 Å². The molecule has 2 aromatic rings. The maximum absolute atomic E-state index is 4.38. The molecule has 7 nitrogen and oxygen atoms in total. The third-order valence-electron chi connectivity index (χ3n) is 3.03. The fourth-order valence-corrected chi connectivity index (χ4v) is 2.62. The quantitative estimate of drug-likeness (QED) is 0.411. The van der Waals surface area contributed by atoms with E-state index in [0.29, 0.717) is 13.1 Å². The summed E-state index contributed by atoms with van der Waals surface area (Å²) in [5, 5.41) is 15.5. The first-order valence-corrected chi connectivity index (χ1v) is 7.83. The molecule has 0 saturated heterocycles. The number of hydrogen-bond acceptors (Lipinski definition) is 5. The molecule has 0 atom stereocenters. The SMILES string of the molecule is CCc1cnc(CNC(=NC)NCc2nncn2CC)s1.I.